The Balaban J connectivity index is 1.67. The molecule has 5 nitrogen and oxygen atoms in total. The maximum absolute atomic E-state index is 12.3. The molecular formula is C18H15Cl3N4OS. The van der Waals surface area contributed by atoms with E-state index in [9.17, 15) is 4.79 Å². The first-order valence-corrected chi connectivity index (χ1v) is 10.0. The number of nitrogens with zero attached hydrogens (tertiary/aromatic N) is 3. The fourth-order valence-corrected chi connectivity index (χ4v) is 3.98. The second kappa shape index (κ2) is 8.52. The summed E-state index contributed by atoms with van der Waals surface area (Å²) in [6.07, 6.45) is 0. The van der Waals surface area contributed by atoms with Gasteiger partial charge in [-0.1, -0.05) is 76.4 Å². The van der Waals surface area contributed by atoms with Crippen LogP contribution < -0.4 is 5.32 Å². The van der Waals surface area contributed by atoms with Gasteiger partial charge in [0.25, 0.3) is 0 Å². The third kappa shape index (κ3) is 4.76. The molecule has 0 aliphatic heterocycles. The largest absolute Gasteiger partial charge is 0.323 e. The fourth-order valence-electron chi connectivity index (χ4n) is 2.36. The first-order chi connectivity index (χ1) is 12.8. The van der Waals surface area contributed by atoms with E-state index >= 15 is 0 Å². The summed E-state index contributed by atoms with van der Waals surface area (Å²) in [6.45, 7) is 2.03. The van der Waals surface area contributed by atoms with E-state index in [1.807, 2.05) is 42.8 Å². The average molecular weight is 442 g/mol. The molecule has 1 N–H and O–H groups in total. The number of thioether (sulfide) groups is 1. The number of hydrogen-bond donors (Lipinski definition) is 1. The molecule has 9 heteroatoms. The first kappa shape index (κ1) is 20.0. The smallest absolute Gasteiger partial charge is 0.234 e. The van der Waals surface area contributed by atoms with E-state index in [1.165, 1.54) is 29.5 Å². The lowest BCUT2D eigenvalue weighted by Crippen LogP contribution is -2.15. The van der Waals surface area contributed by atoms with Crippen molar-refractivity contribution in [3.05, 3.63) is 57.0 Å². The van der Waals surface area contributed by atoms with Crippen LogP contribution in [-0.4, -0.2) is 26.4 Å². The first-order valence-electron chi connectivity index (χ1n) is 7.89. The molecule has 0 bridgehead atoms. The lowest BCUT2D eigenvalue weighted by molar-refractivity contribution is -0.113. The van der Waals surface area contributed by atoms with Crippen molar-refractivity contribution < 1.29 is 4.79 Å². The zero-order chi connectivity index (χ0) is 19.6. The summed E-state index contributed by atoms with van der Waals surface area (Å²) in [5, 5.41) is 12.7. The highest BCUT2D eigenvalue weighted by atomic mass is 35.5. The van der Waals surface area contributed by atoms with Crippen molar-refractivity contribution in [2.24, 2.45) is 7.05 Å². The molecule has 27 heavy (non-hydrogen) atoms. The van der Waals surface area contributed by atoms with Crippen LogP contribution in [0.15, 0.2) is 41.6 Å². The Hall–Kier alpha value is -1.73. The SMILES string of the molecule is Cc1ccc(-c2nnc(SCC(=O)Nc3c(Cl)cc(Cl)cc3Cl)n2C)cc1. The van der Waals surface area contributed by atoms with Gasteiger partial charge < -0.3 is 9.88 Å². The van der Waals surface area contributed by atoms with Gasteiger partial charge in [-0.25, -0.2) is 0 Å². The number of carbonyl (C=O) groups excluding carboxylic acids is 1. The standard InChI is InChI=1S/C18H15Cl3N4OS/c1-10-3-5-11(6-4-10)17-23-24-18(25(17)2)27-9-15(26)22-16-13(20)7-12(19)8-14(16)21/h3-8H,9H2,1-2H3,(H,22,26). The number of hydrogen-bond acceptors (Lipinski definition) is 4. The Morgan fingerprint density at radius 2 is 1.74 bits per heavy atom. The highest BCUT2D eigenvalue weighted by Crippen LogP contribution is 2.34. The van der Waals surface area contributed by atoms with Crippen LogP contribution in [-0.2, 0) is 11.8 Å². The quantitative estimate of drug-likeness (QED) is 0.532. The number of aromatic nitrogens is 3. The molecule has 0 spiro atoms. The predicted molar refractivity (Wildman–Crippen MR) is 112 cm³/mol. The van der Waals surface area contributed by atoms with Gasteiger partial charge in [0.15, 0.2) is 11.0 Å². The monoisotopic (exact) mass is 440 g/mol. The van der Waals surface area contributed by atoms with Crippen LogP contribution in [0.25, 0.3) is 11.4 Å². The molecule has 0 aliphatic rings. The lowest BCUT2D eigenvalue weighted by Gasteiger charge is -2.09. The van der Waals surface area contributed by atoms with Crippen molar-refractivity contribution >= 4 is 58.2 Å². The summed E-state index contributed by atoms with van der Waals surface area (Å²) < 4.78 is 1.85. The molecule has 1 amide bonds. The number of halogens is 3. The second-order valence-electron chi connectivity index (χ2n) is 5.81. The Labute approximate surface area is 176 Å². The molecular weight excluding hydrogens is 427 g/mol. The molecule has 1 aromatic heterocycles. The van der Waals surface area contributed by atoms with E-state index < -0.39 is 0 Å². The summed E-state index contributed by atoms with van der Waals surface area (Å²) in [5.41, 5.74) is 2.48. The van der Waals surface area contributed by atoms with Gasteiger partial charge in [-0.2, -0.15) is 0 Å². The molecule has 0 atom stereocenters. The molecule has 3 rings (SSSR count). The Morgan fingerprint density at radius 3 is 2.37 bits per heavy atom. The number of amides is 1. The number of benzene rings is 2. The van der Waals surface area contributed by atoms with Crippen LogP contribution in [0.2, 0.25) is 15.1 Å². The Bertz CT molecular complexity index is 966. The molecule has 0 saturated carbocycles. The van der Waals surface area contributed by atoms with E-state index in [0.29, 0.717) is 15.9 Å². The van der Waals surface area contributed by atoms with E-state index in [-0.39, 0.29) is 21.7 Å². The molecule has 1 heterocycles. The zero-order valence-corrected chi connectivity index (χ0v) is 17.5. The minimum Gasteiger partial charge on any atom is -0.323 e. The van der Waals surface area contributed by atoms with Crippen molar-refractivity contribution in [3.8, 4) is 11.4 Å². The zero-order valence-electron chi connectivity index (χ0n) is 14.5. The second-order valence-corrected chi connectivity index (χ2v) is 8.01. The van der Waals surface area contributed by atoms with E-state index in [0.717, 1.165) is 11.4 Å². The molecule has 140 valence electrons. The number of rotatable bonds is 5. The van der Waals surface area contributed by atoms with Gasteiger partial charge in [0, 0.05) is 17.6 Å². The number of anilines is 1. The van der Waals surface area contributed by atoms with E-state index in [4.69, 9.17) is 34.8 Å². The minimum absolute atomic E-state index is 0.134. The fraction of sp³-hybridized carbons (Fsp3) is 0.167. The van der Waals surface area contributed by atoms with Crippen LogP contribution in [0.5, 0.6) is 0 Å². The molecule has 3 aromatic rings. The van der Waals surface area contributed by atoms with Gasteiger partial charge in [0.05, 0.1) is 21.5 Å². The molecule has 0 radical (unpaired) electrons. The number of carbonyl (C=O) groups is 1. The average Bonchev–Trinajstić information content (AvgIpc) is 2.98. The van der Waals surface area contributed by atoms with Crippen LogP contribution in [0.4, 0.5) is 5.69 Å². The van der Waals surface area contributed by atoms with Crippen molar-refractivity contribution in [3.63, 3.8) is 0 Å². The van der Waals surface area contributed by atoms with Gasteiger partial charge >= 0.3 is 0 Å². The van der Waals surface area contributed by atoms with Crippen molar-refractivity contribution in [2.75, 3.05) is 11.1 Å². The maximum atomic E-state index is 12.3. The van der Waals surface area contributed by atoms with Gasteiger partial charge in [0.1, 0.15) is 0 Å². The van der Waals surface area contributed by atoms with Gasteiger partial charge in [-0.15, -0.1) is 10.2 Å². The molecule has 0 fully saturated rings. The molecule has 0 unspecified atom stereocenters. The summed E-state index contributed by atoms with van der Waals surface area (Å²) in [5.74, 6) is 0.613. The lowest BCUT2D eigenvalue weighted by atomic mass is 10.1. The highest BCUT2D eigenvalue weighted by Gasteiger charge is 2.15. The summed E-state index contributed by atoms with van der Waals surface area (Å²) >= 11 is 19.3. The van der Waals surface area contributed by atoms with Crippen molar-refractivity contribution in [1.29, 1.82) is 0 Å². The highest BCUT2D eigenvalue weighted by molar-refractivity contribution is 7.99. The van der Waals surface area contributed by atoms with Crippen LogP contribution >= 0.6 is 46.6 Å². The van der Waals surface area contributed by atoms with Crippen LogP contribution in [0.1, 0.15) is 5.56 Å². The number of aryl methyl sites for hydroxylation is 1. The van der Waals surface area contributed by atoms with Gasteiger partial charge in [0.2, 0.25) is 5.91 Å². The normalized spacial score (nSPS) is 10.9. The summed E-state index contributed by atoms with van der Waals surface area (Å²) in [4.78, 5) is 12.3. The van der Waals surface area contributed by atoms with E-state index in [1.54, 1.807) is 0 Å². The van der Waals surface area contributed by atoms with Crippen molar-refractivity contribution in [1.82, 2.24) is 14.8 Å². The minimum atomic E-state index is -0.258. The third-order valence-corrected chi connectivity index (χ3v) is 5.58. The van der Waals surface area contributed by atoms with E-state index in [2.05, 4.69) is 15.5 Å². The molecule has 0 aliphatic carbocycles. The Morgan fingerprint density at radius 1 is 1.11 bits per heavy atom. The maximum Gasteiger partial charge on any atom is 0.234 e. The summed E-state index contributed by atoms with van der Waals surface area (Å²) in [7, 11) is 1.86. The molecule has 2 aromatic carbocycles. The third-order valence-electron chi connectivity index (χ3n) is 3.75. The number of nitrogens with one attached hydrogen (secondary N) is 1. The molecule has 0 saturated heterocycles. The Kier molecular flexibility index (Phi) is 6.32. The van der Waals surface area contributed by atoms with Crippen LogP contribution in [0.3, 0.4) is 0 Å². The predicted octanol–water partition coefficient (Wildman–Crippen LogP) is 5.48. The van der Waals surface area contributed by atoms with Crippen molar-refractivity contribution in [2.45, 2.75) is 12.1 Å². The van der Waals surface area contributed by atoms with Crippen LogP contribution in [0, 0.1) is 6.92 Å². The van der Waals surface area contributed by atoms with Gasteiger partial charge in [-0.3, -0.25) is 4.79 Å². The summed E-state index contributed by atoms with van der Waals surface area (Å²) in [6, 6.07) is 11.1. The van der Waals surface area contributed by atoms with Gasteiger partial charge in [-0.05, 0) is 19.1 Å². The topological polar surface area (TPSA) is 59.8 Å².